The Bertz CT molecular complexity index is 3450. The van der Waals surface area contributed by atoms with E-state index in [0.29, 0.717) is 75.5 Å². The number of nitrogens with one attached hydrogen (secondary N) is 4. The Hall–Kier alpha value is -8.13. The number of nitrogens with zero attached hydrogens (tertiary/aromatic N) is 6. The van der Waals surface area contributed by atoms with Crippen molar-refractivity contribution in [1.29, 1.82) is 0 Å². The molecule has 5 heterocycles. The quantitative estimate of drug-likeness (QED) is 0.0813. The first-order chi connectivity index (χ1) is 43.9. The third-order valence-electron chi connectivity index (χ3n) is 17.9. The molecule has 7 atom stereocenters. The number of anilines is 3. The number of rotatable bonds is 17. The van der Waals surface area contributed by atoms with Crippen molar-refractivity contribution in [2.24, 2.45) is 5.92 Å². The van der Waals surface area contributed by atoms with Crippen LogP contribution in [0.25, 0.3) is 0 Å². The van der Waals surface area contributed by atoms with Gasteiger partial charge in [-0.3, -0.25) is 43.5 Å². The molecule has 0 aliphatic carbocycles. The van der Waals surface area contributed by atoms with Crippen LogP contribution in [0.1, 0.15) is 116 Å². The number of morpholine rings is 1. The lowest BCUT2D eigenvalue weighted by molar-refractivity contribution is -0.144. The normalized spacial score (nSPS) is 21.8. The van der Waals surface area contributed by atoms with Gasteiger partial charge < -0.3 is 54.9 Å². The Morgan fingerprint density at radius 2 is 1.45 bits per heavy atom. The molecule has 8 amide bonds. The molecule has 0 aromatic heterocycles. The summed E-state index contributed by atoms with van der Waals surface area (Å²) in [6.45, 7) is 20.2. The van der Waals surface area contributed by atoms with Crippen molar-refractivity contribution < 1.29 is 70.5 Å². The zero-order valence-corrected chi connectivity index (χ0v) is 54.9. The van der Waals surface area contributed by atoms with Gasteiger partial charge in [0.25, 0.3) is 5.91 Å². The lowest BCUT2D eigenvalue weighted by Gasteiger charge is -2.47. The topological polar surface area (TPSA) is 241 Å². The predicted molar refractivity (Wildman–Crippen MR) is 340 cm³/mol. The fourth-order valence-electron chi connectivity index (χ4n) is 12.7. The first-order valence-electron chi connectivity index (χ1n) is 31.7. The van der Waals surface area contributed by atoms with Crippen LogP contribution in [0.3, 0.4) is 0 Å². The molecule has 5 aliphatic heterocycles. The Morgan fingerprint density at radius 3 is 2.12 bits per heavy atom. The Balaban J connectivity index is 0.947. The van der Waals surface area contributed by atoms with Crippen molar-refractivity contribution in [1.82, 2.24) is 35.1 Å². The van der Waals surface area contributed by atoms with Crippen LogP contribution in [0.2, 0.25) is 0 Å². The number of hydrogen-bond acceptors (Lipinski definition) is 14. The van der Waals surface area contributed by atoms with Gasteiger partial charge in [-0.05, 0) is 165 Å². The number of para-hydroxylation sites is 1. The highest BCUT2D eigenvalue weighted by Gasteiger charge is 2.49. The van der Waals surface area contributed by atoms with E-state index in [1.54, 1.807) is 61.8 Å². The van der Waals surface area contributed by atoms with Gasteiger partial charge in [-0.2, -0.15) is 0 Å². The molecule has 0 saturated carbocycles. The monoisotopic (exact) mass is 1290 g/mol. The number of carbonyl (C=O) groups is 8. The second-order valence-electron chi connectivity index (χ2n) is 27.3. The van der Waals surface area contributed by atoms with Gasteiger partial charge in [-0.15, -0.1) is 0 Å². The van der Waals surface area contributed by atoms with Gasteiger partial charge in [0.05, 0.1) is 31.7 Å². The van der Waals surface area contributed by atoms with Crippen molar-refractivity contribution in [2.75, 3.05) is 94.8 Å². The SMILES string of the molecule is CC1CN(CC(=O)N2C[C@](C)(C(=O)NCC(=O)Nc3ccc4c(c3)[C@@H](C(=O)Nc3c(F)cccc3F)N(C(=O)[C@@H](NC(=O)[C@H](C)N(C)C(=O)OC(C)(C)C)C3CCOCC3)C4)c3ccc(Cc4ccc(F)cc4)cc32)C(CN2CCOC[C@H]2C)CN1C(=O)OC(C)(C)C. The van der Waals surface area contributed by atoms with Crippen LogP contribution in [0.5, 0.6) is 0 Å². The van der Waals surface area contributed by atoms with Gasteiger partial charge >= 0.3 is 12.2 Å². The second-order valence-corrected chi connectivity index (χ2v) is 27.3. The number of amides is 8. The fourth-order valence-corrected chi connectivity index (χ4v) is 12.7. The summed E-state index contributed by atoms with van der Waals surface area (Å²) in [4.78, 5) is 125. The van der Waals surface area contributed by atoms with Crippen molar-refractivity contribution in [3.8, 4) is 0 Å². The number of carbonyl (C=O) groups excluding carboxylic acids is 8. The molecule has 5 aliphatic rings. The van der Waals surface area contributed by atoms with E-state index in [1.807, 2.05) is 39.8 Å². The highest BCUT2D eigenvalue weighted by molar-refractivity contribution is 6.05. The third kappa shape index (κ3) is 16.4. The number of fused-ring (bicyclic) bond motifs is 2. The Kier molecular flexibility index (Phi) is 21.3. The van der Waals surface area contributed by atoms with Crippen LogP contribution in [0.4, 0.5) is 39.8 Å². The molecule has 4 N–H and O–H groups in total. The summed E-state index contributed by atoms with van der Waals surface area (Å²) in [6, 6.07) is 14.7. The van der Waals surface area contributed by atoms with E-state index in [2.05, 4.69) is 38.0 Å². The molecule has 2 unspecified atom stereocenters. The summed E-state index contributed by atoms with van der Waals surface area (Å²) in [5, 5.41) is 10.7. The lowest BCUT2D eigenvalue weighted by Crippen LogP contribution is -2.64. The Labute approximate surface area is 541 Å². The number of piperazine rings is 1. The molecule has 9 rings (SSSR count). The summed E-state index contributed by atoms with van der Waals surface area (Å²) in [7, 11) is 1.39. The predicted octanol–water partition coefficient (Wildman–Crippen LogP) is 7.27. The van der Waals surface area contributed by atoms with E-state index < -0.39 is 106 Å². The van der Waals surface area contributed by atoms with Gasteiger partial charge in [0, 0.05) is 89.0 Å². The van der Waals surface area contributed by atoms with Gasteiger partial charge in [-0.1, -0.05) is 36.4 Å². The zero-order chi connectivity index (χ0) is 67.4. The first kappa shape index (κ1) is 69.2. The van der Waals surface area contributed by atoms with Crippen LogP contribution < -0.4 is 26.2 Å². The van der Waals surface area contributed by atoms with Crippen molar-refractivity contribution in [2.45, 2.75) is 148 Å². The molecule has 25 heteroatoms. The molecule has 93 heavy (non-hydrogen) atoms. The standard InChI is InChI=1S/C68H87F3N10O12/c1-40-33-78(49(35-77-25-28-91-38-41(77)2)36-79(40)65(89)93-67(7,8)9)37-56(83)81-39-68(10,51-22-17-44(30-54(51)81)29-43-15-19-47(69)20-16-43)63(87)72-32-55(82)73-48-21-18-46-34-80(59(50(46)31-48)61(85)75-58-52(70)13-12-14-53(58)71)62(86)57(45-23-26-90-27-24-45)74-60(84)42(3)76(11)64(88)92-66(4,5)6/h12-22,30-31,40-42,45,49,57,59H,23-29,32-39H2,1-11H3,(H,72,87)(H,73,82)(H,74,84)(H,75,85)/t40?,41-,42+,49?,57+,59+,68+/m1/s1. The van der Waals surface area contributed by atoms with Crippen molar-refractivity contribution in [3.05, 3.63) is 124 Å². The molecule has 22 nitrogen and oxygen atoms in total. The first-order valence-corrected chi connectivity index (χ1v) is 31.7. The zero-order valence-electron chi connectivity index (χ0n) is 54.9. The summed E-state index contributed by atoms with van der Waals surface area (Å²) in [6.07, 6.45) is -0.153. The molecular formula is C68H87F3N10O12. The van der Waals surface area contributed by atoms with E-state index in [4.69, 9.17) is 18.9 Å². The van der Waals surface area contributed by atoms with E-state index in [0.717, 1.165) is 34.2 Å². The molecule has 3 fully saturated rings. The molecule has 0 radical (unpaired) electrons. The fraction of sp³-hybridized carbons (Fsp3) is 0.529. The van der Waals surface area contributed by atoms with Gasteiger partial charge in [0.1, 0.15) is 52.5 Å². The molecule has 4 aromatic rings. The number of hydrogen-bond donors (Lipinski definition) is 4. The summed E-state index contributed by atoms with van der Waals surface area (Å²) < 4.78 is 67.2. The highest BCUT2D eigenvalue weighted by atomic mass is 19.1. The minimum Gasteiger partial charge on any atom is -0.444 e. The molecule has 3 saturated heterocycles. The lowest BCUT2D eigenvalue weighted by atomic mass is 9.83. The number of benzene rings is 4. The van der Waals surface area contributed by atoms with Gasteiger partial charge in [0.2, 0.25) is 29.5 Å². The van der Waals surface area contributed by atoms with Gasteiger partial charge in [0.15, 0.2) is 0 Å². The molecule has 0 spiro atoms. The van der Waals surface area contributed by atoms with Crippen molar-refractivity contribution in [3.63, 3.8) is 0 Å². The number of likely N-dealkylation sites (N-methyl/N-ethyl adjacent to an activating group) is 1. The van der Waals surface area contributed by atoms with E-state index >= 15 is 18.4 Å². The maximum absolute atomic E-state index is 15.2. The third-order valence-corrected chi connectivity index (χ3v) is 17.9. The average Bonchev–Trinajstić information content (AvgIpc) is 1.61. The van der Waals surface area contributed by atoms with Crippen molar-refractivity contribution >= 4 is 64.7 Å². The summed E-state index contributed by atoms with van der Waals surface area (Å²) in [5.41, 5.74) is -0.379. The van der Waals surface area contributed by atoms with Crippen LogP contribution in [-0.4, -0.2) is 193 Å². The maximum Gasteiger partial charge on any atom is 0.410 e. The van der Waals surface area contributed by atoms with Crippen LogP contribution in [0.15, 0.2) is 78.9 Å². The summed E-state index contributed by atoms with van der Waals surface area (Å²) >= 11 is 0. The average molecular weight is 1290 g/mol. The Morgan fingerprint density at radius 1 is 0.774 bits per heavy atom. The van der Waals surface area contributed by atoms with E-state index in [9.17, 15) is 33.2 Å². The summed E-state index contributed by atoms with van der Waals surface area (Å²) in [5.74, 6) is -7.02. The molecule has 4 aromatic carbocycles. The van der Waals surface area contributed by atoms with E-state index in [-0.39, 0.29) is 73.9 Å². The largest absolute Gasteiger partial charge is 0.444 e. The van der Waals surface area contributed by atoms with E-state index in [1.165, 1.54) is 43.1 Å². The van der Waals surface area contributed by atoms with Crippen LogP contribution in [0, 0.1) is 23.4 Å². The molecular weight excluding hydrogens is 1210 g/mol. The minimum atomic E-state index is -1.57. The smallest absolute Gasteiger partial charge is 0.410 e. The highest BCUT2D eigenvalue weighted by Crippen LogP contribution is 2.43. The number of halogens is 3. The van der Waals surface area contributed by atoms with Crippen LogP contribution in [-0.2, 0) is 66.1 Å². The number of ether oxygens (including phenoxy) is 4. The molecule has 502 valence electrons. The second kappa shape index (κ2) is 28.6. The maximum atomic E-state index is 15.2. The molecule has 0 bridgehead atoms. The van der Waals surface area contributed by atoms with Crippen LogP contribution >= 0.6 is 0 Å². The minimum absolute atomic E-state index is 0.0611. The van der Waals surface area contributed by atoms with Gasteiger partial charge in [-0.25, -0.2) is 22.8 Å².